The normalized spacial score (nSPS) is 20.2. The minimum absolute atomic E-state index is 0.332. The van der Waals surface area contributed by atoms with Gasteiger partial charge in [0.1, 0.15) is 0 Å². The van der Waals surface area contributed by atoms with Crippen LogP contribution in [-0.2, 0) is 4.79 Å². The summed E-state index contributed by atoms with van der Waals surface area (Å²) in [6, 6.07) is 7.98. The average Bonchev–Trinajstić information content (AvgIpc) is 2.79. The van der Waals surface area contributed by atoms with Crippen LogP contribution < -0.4 is 10.6 Å². The summed E-state index contributed by atoms with van der Waals surface area (Å²) in [5.41, 5.74) is 8.35. The molecule has 0 atom stereocenters. The van der Waals surface area contributed by atoms with Gasteiger partial charge in [0, 0.05) is 32.1 Å². The Morgan fingerprint density at radius 3 is 2.61 bits per heavy atom. The lowest BCUT2D eigenvalue weighted by atomic mass is 10.0. The maximum atomic E-state index is 12.3. The lowest BCUT2D eigenvalue weighted by molar-refractivity contribution is -0.133. The molecule has 2 fully saturated rings. The number of carbonyl (C=O) groups is 1. The molecule has 1 amide bonds. The van der Waals surface area contributed by atoms with Crippen molar-refractivity contribution in [2.45, 2.75) is 44.6 Å². The first-order valence-corrected chi connectivity index (χ1v) is 8.53. The SMILES string of the molecule is N#Cc1ccc(N2CCC(N3CCCCCC3=O)CC2)c(N)c1. The zero-order chi connectivity index (χ0) is 16.2. The van der Waals surface area contributed by atoms with Gasteiger partial charge in [0.05, 0.1) is 23.0 Å². The molecule has 1 aromatic rings. The molecular weight excluding hydrogens is 288 g/mol. The standard InChI is InChI=1S/C18H24N4O/c19-13-14-5-6-17(16(20)12-14)21-10-7-15(8-11-21)22-9-3-1-2-4-18(22)23/h5-6,12,15H,1-4,7-11,20H2. The number of likely N-dealkylation sites (tertiary alicyclic amines) is 1. The van der Waals surface area contributed by atoms with E-state index >= 15 is 0 Å². The molecule has 2 saturated heterocycles. The van der Waals surface area contributed by atoms with Gasteiger partial charge in [0.25, 0.3) is 0 Å². The van der Waals surface area contributed by atoms with Crippen LogP contribution in [0.4, 0.5) is 11.4 Å². The molecule has 2 N–H and O–H groups in total. The third-order valence-electron chi connectivity index (χ3n) is 5.01. The summed E-state index contributed by atoms with van der Waals surface area (Å²) in [6.07, 6.45) is 6.03. The highest BCUT2D eigenvalue weighted by molar-refractivity contribution is 5.77. The van der Waals surface area contributed by atoms with Gasteiger partial charge >= 0.3 is 0 Å². The van der Waals surface area contributed by atoms with Crippen molar-refractivity contribution >= 4 is 17.3 Å². The number of nitrogens with zero attached hydrogens (tertiary/aromatic N) is 3. The second kappa shape index (κ2) is 6.91. The summed E-state index contributed by atoms with van der Waals surface area (Å²) in [5.74, 6) is 0.332. The van der Waals surface area contributed by atoms with Crippen LogP contribution in [0.2, 0.25) is 0 Å². The maximum absolute atomic E-state index is 12.3. The van der Waals surface area contributed by atoms with Crippen LogP contribution in [0, 0.1) is 11.3 Å². The second-order valence-corrected chi connectivity index (χ2v) is 6.50. The van der Waals surface area contributed by atoms with E-state index in [1.54, 1.807) is 6.07 Å². The summed E-state index contributed by atoms with van der Waals surface area (Å²) in [6.45, 7) is 2.73. The molecule has 0 saturated carbocycles. The molecule has 3 rings (SSSR count). The number of nitriles is 1. The van der Waals surface area contributed by atoms with Gasteiger partial charge in [-0.05, 0) is 43.9 Å². The zero-order valence-corrected chi connectivity index (χ0v) is 13.5. The molecule has 2 aliphatic rings. The Morgan fingerprint density at radius 1 is 1.13 bits per heavy atom. The molecule has 2 heterocycles. The highest BCUT2D eigenvalue weighted by atomic mass is 16.2. The number of hydrogen-bond acceptors (Lipinski definition) is 4. The van der Waals surface area contributed by atoms with Gasteiger partial charge in [-0.3, -0.25) is 4.79 Å². The van der Waals surface area contributed by atoms with Crippen LogP contribution in [0.5, 0.6) is 0 Å². The molecule has 0 aliphatic carbocycles. The highest BCUT2D eigenvalue weighted by Gasteiger charge is 2.29. The van der Waals surface area contributed by atoms with Crippen molar-refractivity contribution in [3.63, 3.8) is 0 Å². The van der Waals surface area contributed by atoms with Gasteiger partial charge in [-0.2, -0.15) is 5.26 Å². The third kappa shape index (κ3) is 3.42. The minimum Gasteiger partial charge on any atom is -0.397 e. The summed E-state index contributed by atoms with van der Waals surface area (Å²) in [5, 5.41) is 8.93. The van der Waals surface area contributed by atoms with Gasteiger partial charge in [0.2, 0.25) is 5.91 Å². The Balaban J connectivity index is 1.64. The lowest BCUT2D eigenvalue weighted by Crippen LogP contribution is -2.47. The lowest BCUT2D eigenvalue weighted by Gasteiger charge is -2.39. The first-order valence-electron chi connectivity index (χ1n) is 8.53. The first kappa shape index (κ1) is 15.7. The van der Waals surface area contributed by atoms with Gasteiger partial charge in [-0.15, -0.1) is 0 Å². The van der Waals surface area contributed by atoms with E-state index in [-0.39, 0.29) is 0 Å². The molecule has 0 radical (unpaired) electrons. The van der Waals surface area contributed by atoms with Crippen molar-refractivity contribution in [3.8, 4) is 6.07 Å². The number of anilines is 2. The predicted molar refractivity (Wildman–Crippen MR) is 91.0 cm³/mol. The van der Waals surface area contributed by atoms with Crippen molar-refractivity contribution in [2.75, 3.05) is 30.3 Å². The highest BCUT2D eigenvalue weighted by Crippen LogP contribution is 2.29. The average molecular weight is 312 g/mol. The topological polar surface area (TPSA) is 73.4 Å². The molecule has 23 heavy (non-hydrogen) atoms. The van der Waals surface area contributed by atoms with E-state index in [2.05, 4.69) is 15.9 Å². The molecule has 1 aromatic carbocycles. The Hall–Kier alpha value is -2.22. The molecule has 0 aromatic heterocycles. The molecular formula is C18H24N4O. The number of benzene rings is 1. The quantitative estimate of drug-likeness (QED) is 0.852. The van der Waals surface area contributed by atoms with E-state index in [0.29, 0.717) is 29.6 Å². The van der Waals surface area contributed by atoms with Gasteiger partial charge in [-0.25, -0.2) is 0 Å². The van der Waals surface area contributed by atoms with Gasteiger partial charge in [-0.1, -0.05) is 6.42 Å². The van der Waals surface area contributed by atoms with Crippen molar-refractivity contribution in [1.82, 2.24) is 4.90 Å². The molecule has 5 nitrogen and oxygen atoms in total. The number of rotatable bonds is 2. The fourth-order valence-electron chi connectivity index (χ4n) is 3.72. The van der Waals surface area contributed by atoms with E-state index in [9.17, 15) is 4.79 Å². The van der Waals surface area contributed by atoms with Crippen LogP contribution in [0.3, 0.4) is 0 Å². The Labute approximate surface area is 137 Å². The number of hydrogen-bond donors (Lipinski definition) is 1. The summed E-state index contributed by atoms with van der Waals surface area (Å²) < 4.78 is 0. The van der Waals surface area contributed by atoms with Crippen molar-refractivity contribution in [1.29, 1.82) is 5.26 Å². The predicted octanol–water partition coefficient (Wildman–Crippen LogP) is 2.51. The maximum Gasteiger partial charge on any atom is 0.222 e. The number of carbonyl (C=O) groups excluding carboxylic acids is 1. The van der Waals surface area contributed by atoms with Crippen LogP contribution in [0.1, 0.15) is 44.1 Å². The van der Waals surface area contributed by atoms with E-state index in [1.807, 2.05) is 12.1 Å². The monoisotopic (exact) mass is 312 g/mol. The van der Waals surface area contributed by atoms with E-state index in [0.717, 1.165) is 51.0 Å². The smallest absolute Gasteiger partial charge is 0.222 e. The molecule has 122 valence electrons. The summed E-state index contributed by atoms with van der Waals surface area (Å²) in [4.78, 5) is 16.6. The summed E-state index contributed by atoms with van der Waals surface area (Å²) in [7, 11) is 0. The van der Waals surface area contributed by atoms with E-state index < -0.39 is 0 Å². The number of piperidine rings is 1. The van der Waals surface area contributed by atoms with Crippen LogP contribution >= 0.6 is 0 Å². The zero-order valence-electron chi connectivity index (χ0n) is 13.5. The van der Waals surface area contributed by atoms with Gasteiger partial charge < -0.3 is 15.5 Å². The minimum atomic E-state index is 0.332. The fourth-order valence-corrected chi connectivity index (χ4v) is 3.72. The van der Waals surface area contributed by atoms with Crippen LogP contribution in [0.15, 0.2) is 18.2 Å². The first-order chi connectivity index (χ1) is 11.2. The van der Waals surface area contributed by atoms with Crippen molar-refractivity contribution in [2.24, 2.45) is 0 Å². The van der Waals surface area contributed by atoms with Crippen LogP contribution in [0.25, 0.3) is 0 Å². The molecule has 5 heteroatoms. The number of nitrogens with two attached hydrogens (primary N) is 1. The Bertz CT molecular complexity index is 614. The number of nitrogen functional groups attached to an aromatic ring is 1. The molecule has 0 unspecified atom stereocenters. The molecule has 0 spiro atoms. The van der Waals surface area contributed by atoms with Gasteiger partial charge in [0.15, 0.2) is 0 Å². The second-order valence-electron chi connectivity index (χ2n) is 6.50. The Morgan fingerprint density at radius 2 is 1.91 bits per heavy atom. The Kier molecular flexibility index (Phi) is 4.71. The number of amides is 1. The van der Waals surface area contributed by atoms with Crippen LogP contribution in [-0.4, -0.2) is 36.5 Å². The van der Waals surface area contributed by atoms with Crippen molar-refractivity contribution < 1.29 is 4.79 Å². The third-order valence-corrected chi connectivity index (χ3v) is 5.01. The largest absolute Gasteiger partial charge is 0.397 e. The van der Waals surface area contributed by atoms with E-state index in [4.69, 9.17) is 11.0 Å². The molecule has 2 aliphatic heterocycles. The van der Waals surface area contributed by atoms with Crippen molar-refractivity contribution in [3.05, 3.63) is 23.8 Å². The summed E-state index contributed by atoms with van der Waals surface area (Å²) >= 11 is 0. The van der Waals surface area contributed by atoms with E-state index in [1.165, 1.54) is 6.42 Å². The molecule has 0 bridgehead atoms. The fraction of sp³-hybridized carbons (Fsp3) is 0.556.